The molecule has 2 aromatic rings. The molecule has 1 atom stereocenters. The highest BCUT2D eigenvalue weighted by atomic mass is 79.9. The molecule has 0 fully saturated rings. The minimum Gasteiger partial charge on any atom is -0.506 e. The molecule has 0 aromatic heterocycles. The molecule has 0 aliphatic heterocycles. The molecule has 0 unspecified atom stereocenters. The van der Waals surface area contributed by atoms with Crippen molar-refractivity contribution in [2.45, 2.75) is 26.4 Å². The van der Waals surface area contributed by atoms with E-state index in [4.69, 9.17) is 9.47 Å². The minimum atomic E-state index is -0.829. The number of carbonyl (C=O) groups excluding carboxylic acids is 2. The van der Waals surface area contributed by atoms with Crippen molar-refractivity contribution in [1.29, 1.82) is 0 Å². The SMILES string of the molecule is CC(C)(CCOC(=O)CS)[C@@H](OC(=O)Nc1ccccc1)c1cc(Br)cc(Br)c1O. The zero-order valence-corrected chi connectivity index (χ0v) is 20.6. The van der Waals surface area contributed by atoms with Crippen molar-refractivity contribution in [2.75, 3.05) is 17.7 Å². The fourth-order valence-corrected chi connectivity index (χ4v) is 4.16. The van der Waals surface area contributed by atoms with Gasteiger partial charge in [0.25, 0.3) is 0 Å². The van der Waals surface area contributed by atoms with Crippen LogP contribution in [0.4, 0.5) is 10.5 Å². The van der Waals surface area contributed by atoms with Crippen LogP contribution in [0.2, 0.25) is 0 Å². The van der Waals surface area contributed by atoms with Gasteiger partial charge in [0, 0.05) is 21.1 Å². The van der Waals surface area contributed by atoms with Gasteiger partial charge in [-0.05, 0) is 46.6 Å². The second-order valence-corrected chi connectivity index (χ2v) is 9.31. The molecular weight excluding hydrogens is 538 g/mol. The molecule has 9 heteroatoms. The lowest BCUT2D eigenvalue weighted by Gasteiger charge is -2.34. The van der Waals surface area contributed by atoms with E-state index in [1.54, 1.807) is 36.4 Å². The van der Waals surface area contributed by atoms with Crippen LogP contribution in [0.25, 0.3) is 0 Å². The number of phenolic OH excluding ortho intramolecular Hbond substituents is 1. The van der Waals surface area contributed by atoms with Gasteiger partial charge in [0.15, 0.2) is 0 Å². The van der Waals surface area contributed by atoms with Crippen LogP contribution in [0, 0.1) is 5.41 Å². The first-order valence-electron chi connectivity index (χ1n) is 9.11. The summed E-state index contributed by atoms with van der Waals surface area (Å²) in [6.45, 7) is 3.87. The van der Waals surface area contributed by atoms with Crippen molar-refractivity contribution in [2.24, 2.45) is 5.41 Å². The number of anilines is 1. The average molecular weight is 561 g/mol. The van der Waals surface area contributed by atoms with E-state index in [0.29, 0.717) is 26.6 Å². The van der Waals surface area contributed by atoms with E-state index in [1.165, 1.54) is 0 Å². The Morgan fingerprint density at radius 2 is 1.87 bits per heavy atom. The summed E-state index contributed by atoms with van der Waals surface area (Å²) in [6, 6.07) is 12.3. The molecule has 0 aliphatic rings. The molecule has 0 saturated heterocycles. The molecule has 0 radical (unpaired) electrons. The predicted molar refractivity (Wildman–Crippen MR) is 126 cm³/mol. The van der Waals surface area contributed by atoms with Crippen LogP contribution in [0.1, 0.15) is 31.9 Å². The molecule has 0 spiro atoms. The summed E-state index contributed by atoms with van der Waals surface area (Å²) < 4.78 is 12.1. The van der Waals surface area contributed by atoms with Crippen LogP contribution in [0.5, 0.6) is 5.75 Å². The zero-order chi connectivity index (χ0) is 22.3. The minimum absolute atomic E-state index is 0.0147. The lowest BCUT2D eigenvalue weighted by atomic mass is 9.79. The third kappa shape index (κ3) is 6.92. The maximum Gasteiger partial charge on any atom is 0.412 e. The van der Waals surface area contributed by atoms with Gasteiger partial charge in [-0.15, -0.1) is 0 Å². The monoisotopic (exact) mass is 559 g/mol. The first-order valence-corrected chi connectivity index (χ1v) is 11.3. The number of halogens is 2. The number of para-hydroxylation sites is 1. The zero-order valence-electron chi connectivity index (χ0n) is 16.5. The molecule has 1 amide bonds. The van der Waals surface area contributed by atoms with Crippen LogP contribution < -0.4 is 5.32 Å². The third-order valence-electron chi connectivity index (χ3n) is 4.43. The number of nitrogens with one attached hydrogen (secondary N) is 1. The Bertz CT molecular complexity index is 892. The standard InChI is InChI=1S/C21H23Br2NO5S/c1-21(2,8-9-28-17(25)12-30)19(15-10-13(22)11-16(23)18(15)26)29-20(27)24-14-6-4-3-5-7-14/h3-7,10-11,19,26,30H,8-9,12H2,1-2H3,(H,24,27)/t19-/m0/s1. The molecule has 2 rings (SSSR count). The summed E-state index contributed by atoms with van der Waals surface area (Å²) in [7, 11) is 0. The van der Waals surface area contributed by atoms with E-state index in [1.807, 2.05) is 19.9 Å². The summed E-state index contributed by atoms with van der Waals surface area (Å²) in [6.07, 6.45) is -1.11. The van der Waals surface area contributed by atoms with Crippen molar-refractivity contribution in [3.8, 4) is 5.75 Å². The Labute approximate surface area is 198 Å². The van der Waals surface area contributed by atoms with Gasteiger partial charge < -0.3 is 14.6 Å². The highest BCUT2D eigenvalue weighted by molar-refractivity contribution is 9.11. The first-order chi connectivity index (χ1) is 14.1. The fraction of sp³-hybridized carbons (Fsp3) is 0.333. The van der Waals surface area contributed by atoms with Crippen molar-refractivity contribution >= 4 is 62.2 Å². The van der Waals surface area contributed by atoms with E-state index in [9.17, 15) is 14.7 Å². The largest absolute Gasteiger partial charge is 0.506 e. The van der Waals surface area contributed by atoms with Gasteiger partial charge in [-0.3, -0.25) is 10.1 Å². The van der Waals surface area contributed by atoms with E-state index in [2.05, 4.69) is 49.8 Å². The number of hydrogen-bond donors (Lipinski definition) is 3. The molecular formula is C21H23Br2NO5S. The summed E-state index contributed by atoms with van der Waals surface area (Å²) in [4.78, 5) is 24.0. The summed E-state index contributed by atoms with van der Waals surface area (Å²) in [5, 5.41) is 13.3. The lowest BCUT2D eigenvalue weighted by molar-refractivity contribution is -0.141. The van der Waals surface area contributed by atoms with Crippen molar-refractivity contribution in [3.05, 3.63) is 57.0 Å². The highest BCUT2D eigenvalue weighted by Crippen LogP contribution is 2.46. The number of carbonyl (C=O) groups is 2. The second-order valence-electron chi connectivity index (χ2n) is 7.22. The fourth-order valence-electron chi connectivity index (χ4n) is 2.81. The van der Waals surface area contributed by atoms with Gasteiger partial charge in [-0.2, -0.15) is 12.6 Å². The number of esters is 1. The number of hydrogen-bond acceptors (Lipinski definition) is 6. The normalized spacial score (nSPS) is 12.2. The molecule has 0 saturated carbocycles. The lowest BCUT2D eigenvalue weighted by Crippen LogP contribution is -2.30. The maximum atomic E-state index is 12.6. The van der Waals surface area contributed by atoms with Crippen molar-refractivity contribution in [3.63, 3.8) is 0 Å². The Morgan fingerprint density at radius 3 is 2.50 bits per heavy atom. The number of rotatable bonds is 8. The van der Waals surface area contributed by atoms with Crippen LogP contribution in [0.15, 0.2) is 51.4 Å². The Balaban J connectivity index is 2.30. The van der Waals surface area contributed by atoms with Crippen molar-refractivity contribution in [1.82, 2.24) is 0 Å². The molecule has 2 N–H and O–H groups in total. The van der Waals surface area contributed by atoms with Crippen LogP contribution in [0.3, 0.4) is 0 Å². The smallest absolute Gasteiger partial charge is 0.412 e. The molecule has 0 heterocycles. The summed E-state index contributed by atoms with van der Waals surface area (Å²) in [5.74, 6) is -0.475. The van der Waals surface area contributed by atoms with Crippen LogP contribution in [-0.4, -0.2) is 29.5 Å². The van der Waals surface area contributed by atoms with E-state index >= 15 is 0 Å². The number of amides is 1. The Kier molecular flexibility index (Phi) is 9.06. The number of ether oxygens (including phenoxy) is 2. The van der Waals surface area contributed by atoms with E-state index < -0.39 is 23.6 Å². The summed E-state index contributed by atoms with van der Waals surface area (Å²) >= 11 is 10.6. The molecule has 162 valence electrons. The number of phenols is 1. The van der Waals surface area contributed by atoms with Crippen LogP contribution in [-0.2, 0) is 14.3 Å². The van der Waals surface area contributed by atoms with Crippen molar-refractivity contribution < 1.29 is 24.2 Å². The van der Waals surface area contributed by atoms with Gasteiger partial charge in [0.05, 0.1) is 16.8 Å². The quantitative estimate of drug-likeness (QED) is 0.268. The number of aromatic hydroxyl groups is 1. The summed E-state index contributed by atoms with van der Waals surface area (Å²) in [5.41, 5.74) is 0.328. The number of benzene rings is 2. The van der Waals surface area contributed by atoms with Gasteiger partial charge in [-0.25, -0.2) is 4.79 Å². The third-order valence-corrected chi connectivity index (χ3v) is 5.75. The molecule has 0 aliphatic carbocycles. The highest BCUT2D eigenvalue weighted by Gasteiger charge is 2.37. The van der Waals surface area contributed by atoms with E-state index in [0.717, 1.165) is 0 Å². The maximum absolute atomic E-state index is 12.6. The Hall–Kier alpha value is -1.71. The molecule has 2 aromatic carbocycles. The van der Waals surface area contributed by atoms with Crippen LogP contribution >= 0.6 is 44.5 Å². The van der Waals surface area contributed by atoms with Gasteiger partial charge in [0.2, 0.25) is 0 Å². The number of thiol groups is 1. The van der Waals surface area contributed by atoms with Gasteiger partial charge in [-0.1, -0.05) is 48.0 Å². The Morgan fingerprint density at radius 1 is 1.20 bits per heavy atom. The van der Waals surface area contributed by atoms with Gasteiger partial charge in [0.1, 0.15) is 11.9 Å². The predicted octanol–water partition coefficient (Wildman–Crippen LogP) is 6.10. The topological polar surface area (TPSA) is 84.9 Å². The van der Waals surface area contributed by atoms with Gasteiger partial charge >= 0.3 is 12.1 Å². The average Bonchev–Trinajstić information content (AvgIpc) is 2.69. The molecule has 0 bridgehead atoms. The molecule has 30 heavy (non-hydrogen) atoms. The second kappa shape index (κ2) is 11.1. The van der Waals surface area contributed by atoms with E-state index in [-0.39, 0.29) is 18.1 Å². The first kappa shape index (κ1) is 24.6. The molecule has 6 nitrogen and oxygen atoms in total.